The zero-order chi connectivity index (χ0) is 17.3. The lowest BCUT2D eigenvalue weighted by atomic mass is 10.2. The van der Waals surface area contributed by atoms with Gasteiger partial charge in [0.2, 0.25) is 10.0 Å². The molecule has 1 amide bonds. The van der Waals surface area contributed by atoms with Crippen molar-refractivity contribution in [3.63, 3.8) is 0 Å². The van der Waals surface area contributed by atoms with E-state index in [2.05, 4.69) is 16.0 Å². The summed E-state index contributed by atoms with van der Waals surface area (Å²) in [5.74, 6) is 0.549. The Balaban J connectivity index is 2.64. The van der Waals surface area contributed by atoms with Crippen LogP contribution in [-0.2, 0) is 19.6 Å². The molecular weight excluding hydrogens is 324 g/mol. The van der Waals surface area contributed by atoms with E-state index in [9.17, 15) is 18.0 Å². The Morgan fingerprint density at radius 3 is 2.74 bits per heavy atom. The molecule has 0 fully saturated rings. The zero-order valence-corrected chi connectivity index (χ0v) is 12.9. The molecular formula is C14H16N2O6S. The Morgan fingerprint density at radius 1 is 1.35 bits per heavy atom. The number of aliphatic carboxylic acids is 1. The van der Waals surface area contributed by atoms with Crippen molar-refractivity contribution in [2.45, 2.75) is 4.90 Å². The van der Waals surface area contributed by atoms with Gasteiger partial charge in [-0.05, 0) is 18.2 Å². The van der Waals surface area contributed by atoms with Crippen LogP contribution in [0.5, 0.6) is 0 Å². The highest BCUT2D eigenvalue weighted by Crippen LogP contribution is 2.11. The average molecular weight is 340 g/mol. The second kappa shape index (κ2) is 8.89. The number of rotatable bonds is 9. The minimum Gasteiger partial charge on any atom is -0.480 e. The molecule has 0 heterocycles. The molecule has 3 N–H and O–H groups in total. The van der Waals surface area contributed by atoms with Crippen LogP contribution in [0.1, 0.15) is 10.4 Å². The summed E-state index contributed by atoms with van der Waals surface area (Å²) < 4.78 is 30.8. The van der Waals surface area contributed by atoms with Crippen molar-refractivity contribution in [1.29, 1.82) is 0 Å². The molecule has 0 radical (unpaired) electrons. The number of terminal acetylenes is 1. The van der Waals surface area contributed by atoms with E-state index in [-0.39, 0.29) is 30.2 Å². The lowest BCUT2D eigenvalue weighted by Gasteiger charge is -2.08. The van der Waals surface area contributed by atoms with E-state index >= 15 is 0 Å². The average Bonchev–Trinajstić information content (AvgIpc) is 2.52. The largest absolute Gasteiger partial charge is 0.480 e. The first-order valence-corrected chi connectivity index (χ1v) is 7.96. The number of hydrogen-bond donors (Lipinski definition) is 3. The van der Waals surface area contributed by atoms with Crippen LogP contribution in [0.15, 0.2) is 29.2 Å². The van der Waals surface area contributed by atoms with E-state index in [1.165, 1.54) is 24.3 Å². The third kappa shape index (κ3) is 6.48. The van der Waals surface area contributed by atoms with Crippen molar-refractivity contribution in [3.05, 3.63) is 29.8 Å². The summed E-state index contributed by atoms with van der Waals surface area (Å²) in [6.45, 7) is -0.484. The Morgan fingerprint density at radius 2 is 2.09 bits per heavy atom. The smallest absolute Gasteiger partial charge is 0.329 e. The molecule has 0 saturated carbocycles. The summed E-state index contributed by atoms with van der Waals surface area (Å²) in [5.41, 5.74) is 0.145. The van der Waals surface area contributed by atoms with Gasteiger partial charge in [-0.2, -0.15) is 4.72 Å². The van der Waals surface area contributed by atoms with Gasteiger partial charge < -0.3 is 15.2 Å². The number of carbonyl (C=O) groups is 2. The van der Waals surface area contributed by atoms with Gasteiger partial charge in [0, 0.05) is 12.1 Å². The molecule has 0 saturated heterocycles. The number of carboxylic acid groups (broad SMARTS) is 1. The predicted octanol–water partition coefficient (Wildman–Crippen LogP) is -0.571. The number of nitrogens with one attached hydrogen (secondary N) is 2. The second-order valence-electron chi connectivity index (χ2n) is 4.26. The van der Waals surface area contributed by atoms with Crippen LogP contribution in [0.3, 0.4) is 0 Å². The first-order chi connectivity index (χ1) is 10.9. The number of benzene rings is 1. The Bertz CT molecular complexity index is 708. The minimum atomic E-state index is -3.78. The molecule has 9 heteroatoms. The highest BCUT2D eigenvalue weighted by molar-refractivity contribution is 7.89. The number of hydrogen-bond acceptors (Lipinski definition) is 5. The fourth-order valence-corrected chi connectivity index (χ4v) is 2.50. The maximum atomic E-state index is 11.9. The summed E-state index contributed by atoms with van der Waals surface area (Å²) in [6.07, 6.45) is 5.00. The van der Waals surface area contributed by atoms with Gasteiger partial charge in [0.05, 0.1) is 18.0 Å². The first kappa shape index (κ1) is 18.6. The molecule has 124 valence electrons. The van der Waals surface area contributed by atoms with Crippen LogP contribution in [0, 0.1) is 12.3 Å². The van der Waals surface area contributed by atoms with Crippen molar-refractivity contribution >= 4 is 21.9 Å². The topological polar surface area (TPSA) is 122 Å². The molecule has 0 aliphatic rings. The maximum absolute atomic E-state index is 11.9. The third-order valence-corrected chi connectivity index (χ3v) is 3.93. The fourth-order valence-electron chi connectivity index (χ4n) is 1.52. The van der Waals surface area contributed by atoms with Gasteiger partial charge in [-0.1, -0.05) is 12.0 Å². The van der Waals surface area contributed by atoms with E-state index in [1.807, 2.05) is 0 Å². The van der Waals surface area contributed by atoms with Gasteiger partial charge in [0.25, 0.3) is 5.91 Å². The highest BCUT2D eigenvalue weighted by Gasteiger charge is 2.15. The van der Waals surface area contributed by atoms with Gasteiger partial charge in [-0.3, -0.25) is 4.79 Å². The summed E-state index contributed by atoms with van der Waals surface area (Å²) in [4.78, 5) is 22.1. The number of sulfonamides is 1. The Hall–Kier alpha value is -2.41. The highest BCUT2D eigenvalue weighted by atomic mass is 32.2. The summed E-state index contributed by atoms with van der Waals surface area (Å²) >= 11 is 0. The summed E-state index contributed by atoms with van der Waals surface area (Å²) in [5, 5.41) is 10.9. The predicted molar refractivity (Wildman–Crippen MR) is 81.3 cm³/mol. The zero-order valence-electron chi connectivity index (χ0n) is 12.1. The molecule has 0 aromatic heterocycles. The van der Waals surface area contributed by atoms with Crippen molar-refractivity contribution in [1.82, 2.24) is 10.0 Å². The molecule has 0 unspecified atom stereocenters. The molecule has 1 rings (SSSR count). The van der Waals surface area contributed by atoms with Crippen LogP contribution >= 0.6 is 0 Å². The lowest BCUT2D eigenvalue weighted by molar-refractivity contribution is -0.142. The molecule has 1 aromatic carbocycles. The molecule has 0 aliphatic heterocycles. The summed E-state index contributed by atoms with van der Waals surface area (Å²) in [6, 6.07) is 5.44. The maximum Gasteiger partial charge on any atom is 0.329 e. The second-order valence-corrected chi connectivity index (χ2v) is 6.03. The van der Waals surface area contributed by atoms with Crippen LogP contribution in [-0.4, -0.2) is 51.7 Å². The van der Waals surface area contributed by atoms with Crippen LogP contribution in [0.25, 0.3) is 0 Å². The van der Waals surface area contributed by atoms with Crippen molar-refractivity contribution in [2.24, 2.45) is 0 Å². The Labute approximate surface area is 133 Å². The van der Waals surface area contributed by atoms with Gasteiger partial charge in [-0.15, -0.1) is 6.42 Å². The molecule has 8 nitrogen and oxygen atoms in total. The molecule has 0 atom stereocenters. The van der Waals surface area contributed by atoms with Crippen LogP contribution in [0.2, 0.25) is 0 Å². The quantitative estimate of drug-likeness (QED) is 0.409. The number of amides is 1. The lowest BCUT2D eigenvalue weighted by Crippen LogP contribution is -2.28. The number of carbonyl (C=O) groups excluding carboxylic acids is 1. The van der Waals surface area contributed by atoms with Gasteiger partial charge >= 0.3 is 5.97 Å². The SMILES string of the molecule is C#CCNS(=O)(=O)c1cccc(C(=O)NCCOCC(=O)O)c1. The fraction of sp³-hybridized carbons (Fsp3) is 0.286. The van der Waals surface area contributed by atoms with Crippen molar-refractivity contribution in [2.75, 3.05) is 26.3 Å². The minimum absolute atomic E-state index is 0.0275. The van der Waals surface area contributed by atoms with Gasteiger partial charge in [-0.25, -0.2) is 13.2 Å². The monoisotopic (exact) mass is 340 g/mol. The van der Waals surface area contributed by atoms with Crippen LogP contribution in [0.4, 0.5) is 0 Å². The Kier molecular flexibility index (Phi) is 7.21. The van der Waals surface area contributed by atoms with Gasteiger partial charge in [0.1, 0.15) is 6.61 Å². The molecule has 1 aromatic rings. The van der Waals surface area contributed by atoms with E-state index in [4.69, 9.17) is 16.3 Å². The molecule has 0 spiro atoms. The first-order valence-electron chi connectivity index (χ1n) is 6.48. The van der Waals surface area contributed by atoms with E-state index < -0.39 is 28.5 Å². The summed E-state index contributed by atoms with van der Waals surface area (Å²) in [7, 11) is -3.78. The molecule has 23 heavy (non-hydrogen) atoms. The van der Waals surface area contributed by atoms with E-state index in [1.54, 1.807) is 0 Å². The van der Waals surface area contributed by atoms with Crippen molar-refractivity contribution in [3.8, 4) is 12.3 Å². The molecule has 0 aliphatic carbocycles. The number of ether oxygens (including phenoxy) is 1. The van der Waals surface area contributed by atoms with E-state index in [0.717, 1.165) is 0 Å². The van der Waals surface area contributed by atoms with E-state index in [0.29, 0.717) is 0 Å². The third-order valence-electron chi connectivity index (χ3n) is 2.53. The van der Waals surface area contributed by atoms with Gasteiger partial charge in [0.15, 0.2) is 0 Å². The van der Waals surface area contributed by atoms with Crippen LogP contribution < -0.4 is 10.0 Å². The normalized spacial score (nSPS) is 10.7. The standard InChI is InChI=1S/C14H16N2O6S/c1-2-6-16-23(20,21)12-5-3-4-11(9-12)14(19)15-7-8-22-10-13(17)18/h1,3-5,9,16H,6-8,10H2,(H,15,19)(H,17,18). The number of carboxylic acids is 1. The molecule has 0 bridgehead atoms. The van der Waals surface area contributed by atoms with Crippen molar-refractivity contribution < 1.29 is 27.9 Å².